The van der Waals surface area contributed by atoms with E-state index in [1.807, 2.05) is 45.9 Å². The van der Waals surface area contributed by atoms with Crippen molar-refractivity contribution in [1.29, 1.82) is 0 Å². The SMILES string of the molecule is CCN(CC)c1ccc(S(=O)(=O)N2CCOCC2)cc1NC(=O)COc1ccc(C)cc1C. The van der Waals surface area contributed by atoms with E-state index in [1.54, 1.807) is 12.1 Å². The van der Waals surface area contributed by atoms with Gasteiger partial charge in [0.15, 0.2) is 6.61 Å². The summed E-state index contributed by atoms with van der Waals surface area (Å²) in [5.74, 6) is 0.285. The molecule has 1 N–H and O–H groups in total. The lowest BCUT2D eigenvalue weighted by Crippen LogP contribution is -2.40. The van der Waals surface area contributed by atoms with Crippen LogP contribution in [0.3, 0.4) is 0 Å². The third-order valence-electron chi connectivity index (χ3n) is 5.64. The Bertz CT molecular complexity index is 1080. The Balaban J connectivity index is 1.84. The van der Waals surface area contributed by atoms with E-state index >= 15 is 0 Å². The highest BCUT2D eigenvalue weighted by Crippen LogP contribution is 2.30. The number of anilines is 2. The number of hydrogen-bond acceptors (Lipinski definition) is 6. The number of ether oxygens (including phenoxy) is 2. The highest BCUT2D eigenvalue weighted by molar-refractivity contribution is 7.89. The minimum absolute atomic E-state index is 0.144. The minimum Gasteiger partial charge on any atom is -0.483 e. The number of amides is 1. The molecular formula is C24H33N3O5S. The molecule has 0 unspecified atom stereocenters. The van der Waals surface area contributed by atoms with E-state index in [0.717, 1.165) is 16.8 Å². The molecule has 2 aromatic carbocycles. The van der Waals surface area contributed by atoms with Crippen LogP contribution in [-0.2, 0) is 19.6 Å². The normalized spacial score (nSPS) is 14.7. The molecule has 1 heterocycles. The van der Waals surface area contributed by atoms with E-state index in [0.29, 0.717) is 50.8 Å². The van der Waals surface area contributed by atoms with Crippen molar-refractivity contribution in [2.75, 3.05) is 56.2 Å². The fraction of sp³-hybridized carbons (Fsp3) is 0.458. The Labute approximate surface area is 196 Å². The average molecular weight is 476 g/mol. The second-order valence-electron chi connectivity index (χ2n) is 7.97. The van der Waals surface area contributed by atoms with Crippen LogP contribution < -0.4 is 15.0 Å². The number of morpholine rings is 1. The van der Waals surface area contributed by atoms with Crippen LogP contribution in [0.4, 0.5) is 11.4 Å². The van der Waals surface area contributed by atoms with Crippen molar-refractivity contribution in [3.63, 3.8) is 0 Å². The molecule has 2 aromatic rings. The maximum atomic E-state index is 13.1. The largest absolute Gasteiger partial charge is 0.483 e. The quantitative estimate of drug-likeness (QED) is 0.599. The van der Waals surface area contributed by atoms with Gasteiger partial charge in [-0.15, -0.1) is 0 Å². The first-order chi connectivity index (χ1) is 15.8. The highest BCUT2D eigenvalue weighted by Gasteiger charge is 2.27. The standard InChI is InChI=1S/C24H33N3O5S/c1-5-26(6-2)22-9-8-20(33(29,30)27-11-13-31-14-12-27)16-21(22)25-24(28)17-32-23-10-7-18(3)15-19(23)4/h7-10,15-16H,5-6,11-14,17H2,1-4H3,(H,25,28). The monoisotopic (exact) mass is 475 g/mol. The maximum Gasteiger partial charge on any atom is 0.262 e. The van der Waals surface area contributed by atoms with E-state index in [4.69, 9.17) is 9.47 Å². The van der Waals surface area contributed by atoms with Gasteiger partial charge in [-0.2, -0.15) is 4.31 Å². The molecule has 0 aromatic heterocycles. The van der Waals surface area contributed by atoms with Crippen LogP contribution in [-0.4, -0.2) is 64.6 Å². The van der Waals surface area contributed by atoms with Gasteiger partial charge in [0.2, 0.25) is 10.0 Å². The van der Waals surface area contributed by atoms with Gasteiger partial charge < -0.3 is 19.7 Å². The molecule has 1 saturated heterocycles. The van der Waals surface area contributed by atoms with E-state index < -0.39 is 10.0 Å². The first-order valence-electron chi connectivity index (χ1n) is 11.2. The van der Waals surface area contributed by atoms with Gasteiger partial charge in [0.05, 0.1) is 29.5 Å². The molecule has 0 bridgehead atoms. The van der Waals surface area contributed by atoms with Crippen molar-refractivity contribution < 1.29 is 22.7 Å². The van der Waals surface area contributed by atoms with E-state index in [2.05, 4.69) is 10.2 Å². The topological polar surface area (TPSA) is 88.2 Å². The van der Waals surface area contributed by atoms with Gasteiger partial charge in [-0.3, -0.25) is 4.79 Å². The third-order valence-corrected chi connectivity index (χ3v) is 7.54. The minimum atomic E-state index is -3.69. The molecule has 0 spiro atoms. The Morgan fingerprint density at radius 1 is 1.09 bits per heavy atom. The van der Waals surface area contributed by atoms with Gasteiger partial charge in [0.25, 0.3) is 5.91 Å². The zero-order valence-corrected chi connectivity index (χ0v) is 20.6. The molecule has 9 heteroatoms. The number of nitrogens with zero attached hydrogens (tertiary/aromatic N) is 2. The Morgan fingerprint density at radius 2 is 1.79 bits per heavy atom. The number of benzene rings is 2. The molecule has 0 atom stereocenters. The summed E-state index contributed by atoms with van der Waals surface area (Å²) in [6, 6.07) is 10.6. The maximum absolute atomic E-state index is 13.1. The fourth-order valence-corrected chi connectivity index (χ4v) is 5.28. The molecule has 33 heavy (non-hydrogen) atoms. The molecular weight excluding hydrogens is 442 g/mol. The van der Waals surface area contributed by atoms with Crippen LogP contribution in [0.5, 0.6) is 5.75 Å². The van der Waals surface area contributed by atoms with Gasteiger partial charge >= 0.3 is 0 Å². The predicted octanol–water partition coefficient (Wildman–Crippen LogP) is 3.19. The first kappa shape index (κ1) is 25.0. The lowest BCUT2D eigenvalue weighted by Gasteiger charge is -2.28. The zero-order chi connectivity index (χ0) is 24.0. The number of carbonyl (C=O) groups is 1. The van der Waals surface area contributed by atoms with E-state index in [-0.39, 0.29) is 17.4 Å². The zero-order valence-electron chi connectivity index (χ0n) is 19.8. The number of rotatable bonds is 9. The average Bonchev–Trinajstić information content (AvgIpc) is 2.80. The van der Waals surface area contributed by atoms with Gasteiger partial charge in [-0.1, -0.05) is 17.7 Å². The highest BCUT2D eigenvalue weighted by atomic mass is 32.2. The van der Waals surface area contributed by atoms with Crippen molar-refractivity contribution >= 4 is 27.3 Å². The summed E-state index contributed by atoms with van der Waals surface area (Å²) in [6.45, 7) is 10.6. The third kappa shape index (κ3) is 6.04. The summed E-state index contributed by atoms with van der Waals surface area (Å²) in [5, 5.41) is 2.86. The second kappa shape index (κ2) is 11.0. The molecule has 3 rings (SSSR count). The Hall–Kier alpha value is -2.62. The molecule has 1 fully saturated rings. The number of nitrogens with one attached hydrogen (secondary N) is 1. The van der Waals surface area contributed by atoms with Crippen molar-refractivity contribution in [2.45, 2.75) is 32.6 Å². The summed E-state index contributed by atoms with van der Waals surface area (Å²) in [5.41, 5.74) is 3.28. The van der Waals surface area contributed by atoms with Crippen LogP contribution in [0.1, 0.15) is 25.0 Å². The van der Waals surface area contributed by atoms with Gasteiger partial charge in [-0.25, -0.2) is 8.42 Å². The summed E-state index contributed by atoms with van der Waals surface area (Å²) in [6.07, 6.45) is 0. The van der Waals surface area contributed by atoms with Gasteiger partial charge in [0.1, 0.15) is 5.75 Å². The van der Waals surface area contributed by atoms with Crippen LogP contribution >= 0.6 is 0 Å². The number of carbonyl (C=O) groups excluding carboxylic acids is 1. The molecule has 1 amide bonds. The Morgan fingerprint density at radius 3 is 2.42 bits per heavy atom. The van der Waals surface area contributed by atoms with E-state index in [9.17, 15) is 13.2 Å². The first-order valence-corrected chi connectivity index (χ1v) is 12.7. The van der Waals surface area contributed by atoms with Crippen LogP contribution in [0, 0.1) is 13.8 Å². The van der Waals surface area contributed by atoms with E-state index in [1.165, 1.54) is 10.4 Å². The molecule has 0 radical (unpaired) electrons. The number of sulfonamides is 1. The number of aryl methyl sites for hydroxylation is 2. The molecule has 1 aliphatic rings. The second-order valence-corrected chi connectivity index (χ2v) is 9.91. The summed E-state index contributed by atoms with van der Waals surface area (Å²) < 4.78 is 38.7. The summed E-state index contributed by atoms with van der Waals surface area (Å²) >= 11 is 0. The van der Waals surface area contributed by atoms with Crippen LogP contribution in [0.15, 0.2) is 41.3 Å². The van der Waals surface area contributed by atoms with Crippen LogP contribution in [0.2, 0.25) is 0 Å². The van der Waals surface area contributed by atoms with Crippen molar-refractivity contribution in [3.8, 4) is 5.75 Å². The van der Waals surface area contributed by atoms with Crippen molar-refractivity contribution in [3.05, 3.63) is 47.5 Å². The number of hydrogen-bond donors (Lipinski definition) is 1. The lowest BCUT2D eigenvalue weighted by atomic mass is 10.1. The summed E-state index contributed by atoms with van der Waals surface area (Å²) in [4.78, 5) is 15.0. The smallest absolute Gasteiger partial charge is 0.262 e. The van der Waals surface area contributed by atoms with Crippen molar-refractivity contribution in [1.82, 2.24) is 4.31 Å². The fourth-order valence-electron chi connectivity index (χ4n) is 3.84. The molecule has 180 valence electrons. The van der Waals surface area contributed by atoms with Crippen molar-refractivity contribution in [2.24, 2.45) is 0 Å². The Kier molecular flexibility index (Phi) is 8.34. The lowest BCUT2D eigenvalue weighted by molar-refractivity contribution is -0.118. The van der Waals surface area contributed by atoms with Gasteiger partial charge in [-0.05, 0) is 57.5 Å². The molecule has 0 saturated carbocycles. The van der Waals surface area contributed by atoms with Crippen LogP contribution in [0.25, 0.3) is 0 Å². The molecule has 0 aliphatic carbocycles. The molecule has 1 aliphatic heterocycles. The van der Waals surface area contributed by atoms with Gasteiger partial charge in [0, 0.05) is 26.2 Å². The predicted molar refractivity (Wildman–Crippen MR) is 130 cm³/mol. The molecule has 8 nitrogen and oxygen atoms in total. The summed E-state index contributed by atoms with van der Waals surface area (Å²) in [7, 11) is -3.69.